The van der Waals surface area contributed by atoms with Crippen LogP contribution in [0.25, 0.3) is 0 Å². The van der Waals surface area contributed by atoms with E-state index in [1.807, 2.05) is 38.1 Å². The minimum Gasteiger partial charge on any atom is -0.302 e. The summed E-state index contributed by atoms with van der Waals surface area (Å²) in [4.78, 5) is 15.4. The SMILES string of the molecule is CCN[C@@H]1CC(C(=O)C(C)C)CCN1CC[C@@H](CN(C)S(=O)(=O)c1ccccc1)c1ccccc1.Cl. The van der Waals surface area contributed by atoms with Crippen molar-refractivity contribution in [3.63, 3.8) is 0 Å². The van der Waals surface area contributed by atoms with Crippen LogP contribution < -0.4 is 5.32 Å². The third kappa shape index (κ3) is 7.86. The van der Waals surface area contributed by atoms with Crippen molar-refractivity contribution in [2.75, 3.05) is 33.2 Å². The van der Waals surface area contributed by atoms with Gasteiger partial charge in [-0.05, 0) is 49.4 Å². The van der Waals surface area contributed by atoms with E-state index in [4.69, 9.17) is 0 Å². The molecular formula is C28H42ClN3O3S. The second-order valence-corrected chi connectivity index (χ2v) is 11.9. The number of carbonyl (C=O) groups excluding carboxylic acids is 1. The number of benzene rings is 2. The van der Waals surface area contributed by atoms with Gasteiger partial charge in [0.15, 0.2) is 0 Å². The van der Waals surface area contributed by atoms with Crippen LogP contribution in [0.3, 0.4) is 0 Å². The highest BCUT2D eigenvalue weighted by Gasteiger charge is 2.33. The molecule has 1 heterocycles. The van der Waals surface area contributed by atoms with Crippen molar-refractivity contribution in [2.45, 2.75) is 57.0 Å². The van der Waals surface area contributed by atoms with Gasteiger partial charge in [0.25, 0.3) is 0 Å². The first-order valence-corrected chi connectivity index (χ1v) is 14.3. The molecule has 1 saturated heterocycles. The van der Waals surface area contributed by atoms with Crippen LogP contribution in [0.15, 0.2) is 65.6 Å². The Kier molecular flexibility index (Phi) is 12.0. The molecule has 6 nitrogen and oxygen atoms in total. The molecule has 200 valence electrons. The number of rotatable bonds is 12. The molecule has 1 unspecified atom stereocenters. The molecule has 0 aromatic heterocycles. The summed E-state index contributed by atoms with van der Waals surface area (Å²) in [5, 5.41) is 3.58. The number of likely N-dealkylation sites (tertiary alicyclic amines) is 1. The first-order valence-electron chi connectivity index (χ1n) is 12.8. The molecule has 36 heavy (non-hydrogen) atoms. The Morgan fingerprint density at radius 3 is 2.28 bits per heavy atom. The van der Waals surface area contributed by atoms with Crippen LogP contribution in [0, 0.1) is 11.8 Å². The topological polar surface area (TPSA) is 69.7 Å². The highest BCUT2D eigenvalue weighted by atomic mass is 35.5. The lowest BCUT2D eigenvalue weighted by Crippen LogP contribution is -2.52. The molecular weight excluding hydrogens is 494 g/mol. The van der Waals surface area contributed by atoms with E-state index >= 15 is 0 Å². The number of carbonyl (C=O) groups is 1. The second kappa shape index (κ2) is 14.2. The molecule has 3 atom stereocenters. The predicted molar refractivity (Wildman–Crippen MR) is 149 cm³/mol. The summed E-state index contributed by atoms with van der Waals surface area (Å²) in [6.45, 7) is 9.06. The zero-order valence-electron chi connectivity index (χ0n) is 22.0. The summed E-state index contributed by atoms with van der Waals surface area (Å²) >= 11 is 0. The van der Waals surface area contributed by atoms with Gasteiger partial charge in [-0.3, -0.25) is 9.69 Å². The molecule has 1 N–H and O–H groups in total. The number of nitrogens with one attached hydrogen (secondary N) is 1. The minimum atomic E-state index is -3.56. The average Bonchev–Trinajstić information content (AvgIpc) is 2.87. The molecule has 1 aliphatic rings. The number of Topliss-reactive ketones (excluding diaryl/α,β-unsaturated/α-hetero) is 1. The molecule has 0 saturated carbocycles. The summed E-state index contributed by atoms with van der Waals surface area (Å²) in [5.74, 6) is 0.611. The second-order valence-electron chi connectivity index (χ2n) is 9.88. The monoisotopic (exact) mass is 535 g/mol. The van der Waals surface area contributed by atoms with Gasteiger partial charge in [0.05, 0.1) is 11.1 Å². The molecule has 0 spiro atoms. The number of likely N-dealkylation sites (N-methyl/N-ethyl adjacent to an activating group) is 1. The Hall–Kier alpha value is -1.77. The fourth-order valence-corrected chi connectivity index (χ4v) is 6.29. The smallest absolute Gasteiger partial charge is 0.242 e. The average molecular weight is 536 g/mol. The van der Waals surface area contributed by atoms with Gasteiger partial charge in [-0.25, -0.2) is 12.7 Å². The molecule has 0 amide bonds. The zero-order chi connectivity index (χ0) is 25.4. The summed E-state index contributed by atoms with van der Waals surface area (Å²) in [6.07, 6.45) is 2.73. The third-order valence-electron chi connectivity index (χ3n) is 7.09. The van der Waals surface area contributed by atoms with Crippen molar-refractivity contribution in [1.82, 2.24) is 14.5 Å². The molecule has 1 fully saturated rings. The standard InChI is InChI=1S/C28H41N3O3S.ClH/c1-5-29-27-20-24(28(32)22(2)3)16-18-31(27)19-17-25(23-12-8-6-9-13-23)21-30(4)35(33,34)26-14-10-7-11-15-26;/h6-15,22,24-25,27,29H,5,16-21H2,1-4H3;1H/t24?,25-,27-;/m0./s1. The van der Waals surface area contributed by atoms with E-state index in [1.54, 1.807) is 31.3 Å². The van der Waals surface area contributed by atoms with Gasteiger partial charge < -0.3 is 5.32 Å². The van der Waals surface area contributed by atoms with Crippen LogP contribution in [0.5, 0.6) is 0 Å². The largest absolute Gasteiger partial charge is 0.302 e. The van der Waals surface area contributed by atoms with E-state index in [2.05, 4.69) is 29.3 Å². The van der Waals surface area contributed by atoms with Gasteiger partial charge in [-0.2, -0.15) is 0 Å². The number of hydrogen-bond donors (Lipinski definition) is 1. The first kappa shape index (κ1) is 30.5. The zero-order valence-corrected chi connectivity index (χ0v) is 23.6. The maximum atomic E-state index is 13.2. The van der Waals surface area contributed by atoms with Gasteiger partial charge in [0.2, 0.25) is 10.0 Å². The quantitative estimate of drug-likeness (QED) is 0.424. The molecule has 2 aromatic rings. The minimum absolute atomic E-state index is 0. The van der Waals surface area contributed by atoms with Crippen LogP contribution >= 0.6 is 12.4 Å². The van der Waals surface area contributed by atoms with Gasteiger partial charge in [-0.1, -0.05) is 69.3 Å². The summed E-state index contributed by atoms with van der Waals surface area (Å²) in [5.41, 5.74) is 1.15. The molecule has 8 heteroatoms. The Balaban J connectivity index is 0.00000456. The van der Waals surface area contributed by atoms with Gasteiger partial charge in [0, 0.05) is 38.5 Å². The third-order valence-corrected chi connectivity index (χ3v) is 8.93. The summed E-state index contributed by atoms with van der Waals surface area (Å²) < 4.78 is 27.8. The van der Waals surface area contributed by atoms with Crippen molar-refractivity contribution in [2.24, 2.45) is 11.8 Å². The summed E-state index contributed by atoms with van der Waals surface area (Å²) in [7, 11) is -1.89. The molecule has 0 aliphatic carbocycles. The highest BCUT2D eigenvalue weighted by molar-refractivity contribution is 7.89. The van der Waals surface area contributed by atoms with E-state index in [-0.39, 0.29) is 36.3 Å². The fraction of sp³-hybridized carbons (Fsp3) is 0.536. The fourth-order valence-electron chi connectivity index (χ4n) is 5.05. The maximum absolute atomic E-state index is 13.2. The van der Waals surface area contributed by atoms with E-state index < -0.39 is 10.0 Å². The summed E-state index contributed by atoms with van der Waals surface area (Å²) in [6, 6.07) is 18.8. The number of halogens is 1. The van der Waals surface area contributed by atoms with Crippen molar-refractivity contribution < 1.29 is 13.2 Å². The number of piperidine rings is 1. The van der Waals surface area contributed by atoms with Crippen molar-refractivity contribution in [3.05, 3.63) is 66.2 Å². The van der Waals surface area contributed by atoms with E-state index in [1.165, 1.54) is 4.31 Å². The Bertz CT molecular complexity index is 1030. The van der Waals surface area contributed by atoms with Gasteiger partial charge >= 0.3 is 0 Å². The number of nitrogens with zero attached hydrogens (tertiary/aromatic N) is 2. The Labute approximate surface area is 223 Å². The normalized spacial score (nSPS) is 19.7. The lowest BCUT2D eigenvalue weighted by atomic mass is 9.85. The highest BCUT2D eigenvalue weighted by Crippen LogP contribution is 2.28. The van der Waals surface area contributed by atoms with Crippen LogP contribution in [0.2, 0.25) is 0 Å². The van der Waals surface area contributed by atoms with E-state index in [9.17, 15) is 13.2 Å². The number of hydrogen-bond acceptors (Lipinski definition) is 5. The van der Waals surface area contributed by atoms with Crippen molar-refractivity contribution in [1.29, 1.82) is 0 Å². The van der Waals surface area contributed by atoms with Crippen molar-refractivity contribution >= 4 is 28.2 Å². The number of sulfonamides is 1. The van der Waals surface area contributed by atoms with Crippen LogP contribution in [-0.2, 0) is 14.8 Å². The molecule has 1 aliphatic heterocycles. The van der Waals surface area contributed by atoms with Gasteiger partial charge in [-0.15, -0.1) is 12.4 Å². The molecule has 0 bridgehead atoms. The molecule has 2 aromatic carbocycles. The lowest BCUT2D eigenvalue weighted by Gasteiger charge is -2.40. The van der Waals surface area contributed by atoms with E-state index in [0.717, 1.165) is 44.5 Å². The van der Waals surface area contributed by atoms with Crippen LogP contribution in [0.4, 0.5) is 0 Å². The predicted octanol–water partition coefficient (Wildman–Crippen LogP) is 4.78. The molecule has 3 rings (SSSR count). The Morgan fingerprint density at radius 1 is 1.08 bits per heavy atom. The van der Waals surface area contributed by atoms with E-state index in [0.29, 0.717) is 17.2 Å². The number of ketones is 1. The Morgan fingerprint density at radius 2 is 1.69 bits per heavy atom. The van der Waals surface area contributed by atoms with Crippen molar-refractivity contribution in [3.8, 4) is 0 Å². The van der Waals surface area contributed by atoms with Crippen LogP contribution in [0.1, 0.15) is 51.5 Å². The van der Waals surface area contributed by atoms with Gasteiger partial charge in [0.1, 0.15) is 5.78 Å². The maximum Gasteiger partial charge on any atom is 0.242 e. The molecule has 0 radical (unpaired) electrons. The lowest BCUT2D eigenvalue weighted by molar-refractivity contribution is -0.128. The van der Waals surface area contributed by atoms with Crippen LogP contribution in [-0.4, -0.2) is 62.8 Å². The first-order chi connectivity index (χ1) is 16.7.